The fourth-order valence-corrected chi connectivity index (χ4v) is 1.77. The van der Waals surface area contributed by atoms with Crippen LogP contribution in [0.2, 0.25) is 0 Å². The lowest BCUT2D eigenvalue weighted by Gasteiger charge is -2.11. The number of carbonyl (C=O) groups excluding carboxylic acids is 2. The van der Waals surface area contributed by atoms with Crippen LogP contribution >= 0.6 is 12.4 Å². The molecule has 1 aliphatic heterocycles. The van der Waals surface area contributed by atoms with Gasteiger partial charge in [0.25, 0.3) is 0 Å². The Morgan fingerprint density at radius 3 is 2.53 bits per heavy atom. The molecule has 7 heteroatoms. The molecule has 2 amide bonds. The summed E-state index contributed by atoms with van der Waals surface area (Å²) in [6.07, 6.45) is 2.87. The van der Waals surface area contributed by atoms with Gasteiger partial charge in [0.05, 0.1) is 6.10 Å². The van der Waals surface area contributed by atoms with Crippen LogP contribution in [-0.2, 0) is 14.3 Å². The number of ether oxygens (including phenoxy) is 1. The lowest BCUT2D eigenvalue weighted by molar-refractivity contribution is -0.139. The minimum Gasteiger partial charge on any atom is -0.376 e. The number of nitrogens with one attached hydrogen (secondary N) is 2. The maximum absolute atomic E-state index is 11.4. The van der Waals surface area contributed by atoms with Crippen molar-refractivity contribution in [2.45, 2.75) is 25.4 Å². The Bertz CT molecular complexity index is 281. The van der Waals surface area contributed by atoms with Crippen molar-refractivity contribution in [3.05, 3.63) is 0 Å². The van der Waals surface area contributed by atoms with Crippen LogP contribution in [0.15, 0.2) is 0 Å². The van der Waals surface area contributed by atoms with E-state index in [0.717, 1.165) is 32.4 Å². The maximum Gasteiger partial charge on any atom is 0.309 e. The molecular weight excluding hydrogens is 270 g/mol. The molecule has 2 N–H and O–H groups in total. The monoisotopic (exact) mass is 293 g/mol. The van der Waals surface area contributed by atoms with E-state index in [1.165, 1.54) is 0 Å². The van der Waals surface area contributed by atoms with Crippen LogP contribution < -0.4 is 10.6 Å². The van der Waals surface area contributed by atoms with Crippen LogP contribution in [-0.4, -0.2) is 63.2 Å². The van der Waals surface area contributed by atoms with Gasteiger partial charge in [0.15, 0.2) is 0 Å². The van der Waals surface area contributed by atoms with Crippen LogP contribution in [0.25, 0.3) is 0 Å². The van der Waals surface area contributed by atoms with Crippen molar-refractivity contribution in [1.82, 2.24) is 15.5 Å². The molecule has 112 valence electrons. The lowest BCUT2D eigenvalue weighted by Crippen LogP contribution is -2.43. The summed E-state index contributed by atoms with van der Waals surface area (Å²) in [4.78, 5) is 24.9. The number of nitrogens with zero attached hydrogens (tertiary/aromatic N) is 1. The zero-order chi connectivity index (χ0) is 13.4. The molecule has 0 aromatic carbocycles. The summed E-state index contributed by atoms with van der Waals surface area (Å²) in [5.41, 5.74) is 0. The zero-order valence-corrected chi connectivity index (χ0v) is 12.4. The number of hydrogen-bond donors (Lipinski definition) is 2. The van der Waals surface area contributed by atoms with E-state index >= 15 is 0 Å². The van der Waals surface area contributed by atoms with Gasteiger partial charge in [-0.3, -0.25) is 9.59 Å². The standard InChI is InChI=1S/C12H23N3O3.ClH/c1-15(2)7-4-6-13-11(16)12(17)14-9-10-5-3-8-18-10;/h10H,3-9H2,1-2H3,(H,13,16)(H,14,17);1H. The predicted octanol–water partition coefficient (Wildman–Crippen LogP) is -0.229. The van der Waals surface area contributed by atoms with E-state index in [-0.39, 0.29) is 18.5 Å². The molecule has 0 radical (unpaired) electrons. The zero-order valence-electron chi connectivity index (χ0n) is 11.6. The summed E-state index contributed by atoms with van der Waals surface area (Å²) in [5, 5.41) is 5.18. The number of halogens is 1. The molecule has 0 aromatic rings. The summed E-state index contributed by atoms with van der Waals surface area (Å²) in [5.74, 6) is -1.14. The largest absolute Gasteiger partial charge is 0.376 e. The van der Waals surface area contributed by atoms with Crippen molar-refractivity contribution in [2.75, 3.05) is 40.3 Å². The average molecular weight is 294 g/mol. The van der Waals surface area contributed by atoms with E-state index in [1.807, 2.05) is 19.0 Å². The van der Waals surface area contributed by atoms with Crippen LogP contribution in [0.1, 0.15) is 19.3 Å². The third-order valence-electron chi connectivity index (χ3n) is 2.79. The fraction of sp³-hybridized carbons (Fsp3) is 0.833. The summed E-state index contributed by atoms with van der Waals surface area (Å²) in [7, 11) is 3.94. The molecule has 1 atom stereocenters. The van der Waals surface area contributed by atoms with Gasteiger partial charge in [-0.15, -0.1) is 12.4 Å². The normalized spacial score (nSPS) is 17.9. The molecule has 1 rings (SSSR count). The molecule has 0 saturated carbocycles. The van der Waals surface area contributed by atoms with Crippen LogP contribution in [0, 0.1) is 0 Å². The summed E-state index contributed by atoms with van der Waals surface area (Å²) in [6, 6.07) is 0. The molecule has 1 aliphatic rings. The summed E-state index contributed by atoms with van der Waals surface area (Å²) < 4.78 is 5.36. The maximum atomic E-state index is 11.4. The molecule has 0 spiro atoms. The van der Waals surface area contributed by atoms with E-state index < -0.39 is 11.8 Å². The number of amides is 2. The Kier molecular flexibility index (Phi) is 9.55. The predicted molar refractivity (Wildman–Crippen MR) is 75.4 cm³/mol. The SMILES string of the molecule is CN(C)CCCNC(=O)C(=O)NCC1CCCO1.Cl. The molecule has 1 unspecified atom stereocenters. The highest BCUT2D eigenvalue weighted by Gasteiger charge is 2.18. The van der Waals surface area contributed by atoms with Gasteiger partial charge in [0.1, 0.15) is 0 Å². The molecule has 0 aromatic heterocycles. The minimum absolute atomic E-state index is 0. The van der Waals surface area contributed by atoms with E-state index in [2.05, 4.69) is 10.6 Å². The summed E-state index contributed by atoms with van der Waals surface area (Å²) >= 11 is 0. The van der Waals surface area contributed by atoms with Gasteiger partial charge in [0.2, 0.25) is 0 Å². The first-order valence-electron chi connectivity index (χ1n) is 6.42. The van der Waals surface area contributed by atoms with E-state index in [0.29, 0.717) is 13.1 Å². The van der Waals surface area contributed by atoms with Crippen molar-refractivity contribution in [3.8, 4) is 0 Å². The second-order valence-corrected chi connectivity index (χ2v) is 4.76. The van der Waals surface area contributed by atoms with Crippen molar-refractivity contribution >= 4 is 24.2 Å². The van der Waals surface area contributed by atoms with E-state index in [9.17, 15) is 9.59 Å². The third-order valence-corrected chi connectivity index (χ3v) is 2.79. The molecule has 1 fully saturated rings. The Balaban J connectivity index is 0.00000324. The van der Waals surface area contributed by atoms with E-state index in [1.54, 1.807) is 0 Å². The second kappa shape index (κ2) is 10.00. The van der Waals surface area contributed by atoms with Crippen molar-refractivity contribution < 1.29 is 14.3 Å². The van der Waals surface area contributed by atoms with Gasteiger partial charge in [-0.25, -0.2) is 0 Å². The van der Waals surface area contributed by atoms with Crippen LogP contribution in [0.5, 0.6) is 0 Å². The quantitative estimate of drug-likeness (QED) is 0.524. The Morgan fingerprint density at radius 1 is 1.26 bits per heavy atom. The molecule has 0 aliphatic carbocycles. The van der Waals surface area contributed by atoms with Gasteiger partial charge in [0, 0.05) is 19.7 Å². The highest BCUT2D eigenvalue weighted by Crippen LogP contribution is 2.10. The highest BCUT2D eigenvalue weighted by molar-refractivity contribution is 6.35. The third kappa shape index (κ3) is 8.02. The average Bonchev–Trinajstić information content (AvgIpc) is 2.84. The van der Waals surface area contributed by atoms with Gasteiger partial charge < -0.3 is 20.3 Å². The van der Waals surface area contributed by atoms with Crippen molar-refractivity contribution in [3.63, 3.8) is 0 Å². The number of carbonyl (C=O) groups is 2. The first kappa shape index (κ1) is 18.1. The number of rotatable bonds is 6. The Labute approximate surface area is 120 Å². The van der Waals surface area contributed by atoms with Gasteiger partial charge in [-0.2, -0.15) is 0 Å². The van der Waals surface area contributed by atoms with E-state index in [4.69, 9.17) is 4.74 Å². The molecule has 0 bridgehead atoms. The number of hydrogen-bond acceptors (Lipinski definition) is 4. The van der Waals surface area contributed by atoms with Gasteiger partial charge in [-0.05, 0) is 39.9 Å². The summed E-state index contributed by atoms with van der Waals surface area (Å²) in [6.45, 7) is 2.57. The first-order valence-corrected chi connectivity index (χ1v) is 6.42. The molecule has 19 heavy (non-hydrogen) atoms. The fourth-order valence-electron chi connectivity index (χ4n) is 1.77. The molecule has 1 heterocycles. The van der Waals surface area contributed by atoms with Gasteiger partial charge in [-0.1, -0.05) is 0 Å². The van der Waals surface area contributed by atoms with Crippen LogP contribution in [0.3, 0.4) is 0 Å². The molecule has 6 nitrogen and oxygen atoms in total. The van der Waals surface area contributed by atoms with Gasteiger partial charge >= 0.3 is 11.8 Å². The van der Waals surface area contributed by atoms with Crippen LogP contribution in [0.4, 0.5) is 0 Å². The Morgan fingerprint density at radius 2 is 1.95 bits per heavy atom. The Hall–Kier alpha value is -0.850. The smallest absolute Gasteiger partial charge is 0.309 e. The van der Waals surface area contributed by atoms with Crippen molar-refractivity contribution in [2.24, 2.45) is 0 Å². The molecule has 1 saturated heterocycles. The highest BCUT2D eigenvalue weighted by atomic mass is 35.5. The molecular formula is C12H24ClN3O3. The second-order valence-electron chi connectivity index (χ2n) is 4.76. The first-order chi connectivity index (χ1) is 8.59. The minimum atomic E-state index is -0.574. The lowest BCUT2D eigenvalue weighted by atomic mass is 10.2. The topological polar surface area (TPSA) is 70.7 Å². The van der Waals surface area contributed by atoms with Crippen molar-refractivity contribution in [1.29, 1.82) is 0 Å².